The van der Waals surface area contributed by atoms with Crippen LogP contribution in [0.25, 0.3) is 77.9 Å². The molecule has 25 rings (SSSR count). The standard InChI is InChI=1S/C104H61N3O4S/c1-5-26-79-71(22-1)72-23-2-6-27-80(72)103(79)83-55-65(44-51-75(83)77-58-97-99(60-85(77)103)109-94-37-16-15-36-93(94)108-97)62-40-47-68(48-41-62)105-87-30-9-11-32-89(87)106(90-33-12-10-31-88(90)105)69-49-42-63(43-50-69)67-46-53-95-96(57-67)111-100-61-86-78(59-98(100)110-95)76-52-45-66(56-84(76)104(86)81-28-7-3-24-73(81)74-25-4-8-29-82(74)104)64-20-19-21-70(54-64)107-91-34-13-17-38-101(91)112-102-39-18-14-35-92(102)107/h1-61H. The minimum absolute atomic E-state index is 0.587. The number of hydrogen-bond donors (Lipinski definition) is 0. The fourth-order valence-electron chi connectivity index (χ4n) is 19.8. The van der Waals surface area contributed by atoms with Crippen LogP contribution in [0.4, 0.5) is 51.2 Å². The van der Waals surface area contributed by atoms with Gasteiger partial charge in [0.1, 0.15) is 0 Å². The molecule has 0 unspecified atom stereocenters. The Kier molecular flexibility index (Phi) is 12.7. The first-order chi connectivity index (χ1) is 55.5. The number of fused-ring (bicyclic) bond motifs is 28. The maximum atomic E-state index is 7.17. The van der Waals surface area contributed by atoms with Gasteiger partial charge in [0.25, 0.3) is 0 Å². The van der Waals surface area contributed by atoms with Crippen LogP contribution in [0.1, 0.15) is 44.5 Å². The SMILES string of the molecule is c1cc(-c2ccc3c(c2)C2(c4ccccc4-c4ccccc42)c2cc4c(cc2-3)Oc2ccc(-c3ccc(N5c6ccccc6N(c6ccc(-c7ccc8c(c7)C7(c9ccccc9-c9ccccc97)c7cc9c(cc7-8)Oc7ccccc7O9)cc6)c6ccccc65)cc3)cc2O4)cc(N2c3ccccc3Sc3ccccc32)c1. The van der Waals surface area contributed by atoms with Gasteiger partial charge >= 0.3 is 0 Å². The molecule has 4 aliphatic heterocycles. The Labute approximate surface area is 651 Å². The van der Waals surface area contributed by atoms with Crippen molar-refractivity contribution in [1.82, 2.24) is 0 Å². The molecule has 0 radical (unpaired) electrons. The fourth-order valence-corrected chi connectivity index (χ4v) is 20.9. The zero-order valence-corrected chi connectivity index (χ0v) is 60.9. The third-order valence-electron chi connectivity index (χ3n) is 24.5. The van der Waals surface area contributed by atoms with Crippen molar-refractivity contribution in [1.29, 1.82) is 0 Å². The molecule has 0 saturated heterocycles. The Balaban J connectivity index is 0.528. The molecule has 0 amide bonds. The molecule has 112 heavy (non-hydrogen) atoms. The highest BCUT2D eigenvalue weighted by Crippen LogP contribution is 2.68. The molecule has 0 bridgehead atoms. The van der Waals surface area contributed by atoms with E-state index >= 15 is 0 Å². The van der Waals surface area contributed by atoms with Gasteiger partial charge in [-0.3, -0.25) is 0 Å². The van der Waals surface area contributed by atoms with Crippen LogP contribution in [0.3, 0.4) is 0 Å². The first-order valence-corrected chi connectivity index (χ1v) is 39.1. The molecular formula is C104H61N3O4S. The van der Waals surface area contributed by atoms with E-state index in [1.54, 1.807) is 0 Å². The molecule has 8 heteroatoms. The van der Waals surface area contributed by atoms with Gasteiger partial charge in [-0.1, -0.05) is 236 Å². The molecule has 0 atom stereocenters. The average molecular weight is 1450 g/mol. The molecule has 8 aliphatic rings. The average Bonchev–Trinajstić information content (AvgIpc) is 1.51. The van der Waals surface area contributed by atoms with E-state index in [1.807, 2.05) is 36.0 Å². The molecule has 0 fully saturated rings. The van der Waals surface area contributed by atoms with Gasteiger partial charge in [0.05, 0.1) is 45.0 Å². The van der Waals surface area contributed by atoms with E-state index < -0.39 is 10.8 Å². The Morgan fingerprint density at radius 3 is 0.955 bits per heavy atom. The number of para-hydroxylation sites is 8. The van der Waals surface area contributed by atoms with E-state index in [1.165, 1.54) is 99.1 Å². The molecule has 7 nitrogen and oxygen atoms in total. The summed E-state index contributed by atoms with van der Waals surface area (Å²) in [6, 6.07) is 135. The van der Waals surface area contributed by atoms with Crippen molar-refractivity contribution in [2.45, 2.75) is 20.6 Å². The van der Waals surface area contributed by atoms with Crippen LogP contribution in [0.5, 0.6) is 46.0 Å². The second-order valence-corrected chi connectivity index (χ2v) is 31.2. The first-order valence-electron chi connectivity index (χ1n) is 38.2. The predicted molar refractivity (Wildman–Crippen MR) is 450 cm³/mol. The van der Waals surface area contributed by atoms with Crippen LogP contribution in [-0.2, 0) is 10.8 Å². The number of nitrogens with zero attached hydrogens (tertiary/aromatic N) is 3. The lowest BCUT2D eigenvalue weighted by Gasteiger charge is -2.40. The summed E-state index contributed by atoms with van der Waals surface area (Å²) in [5.74, 6) is 5.59. The summed E-state index contributed by atoms with van der Waals surface area (Å²) >= 11 is 1.83. The highest BCUT2D eigenvalue weighted by Gasteiger charge is 2.55. The predicted octanol–water partition coefficient (Wildman–Crippen LogP) is 28.4. The maximum Gasteiger partial charge on any atom is 0.170 e. The minimum Gasteiger partial charge on any atom is -0.450 e. The summed E-state index contributed by atoms with van der Waals surface area (Å²) < 4.78 is 27.4. The Bertz CT molecular complexity index is 6800. The lowest BCUT2D eigenvalue weighted by Crippen LogP contribution is -2.26. The van der Waals surface area contributed by atoms with Crippen LogP contribution in [0, 0.1) is 0 Å². The lowest BCUT2D eigenvalue weighted by molar-refractivity contribution is 0.359. The zero-order chi connectivity index (χ0) is 73.1. The number of ether oxygens (including phenoxy) is 4. The van der Waals surface area contributed by atoms with Gasteiger partial charge in [0.15, 0.2) is 46.0 Å². The van der Waals surface area contributed by atoms with Gasteiger partial charge in [-0.2, -0.15) is 0 Å². The van der Waals surface area contributed by atoms with Gasteiger partial charge in [-0.25, -0.2) is 0 Å². The molecule has 2 spiro atoms. The normalized spacial score (nSPS) is 14.4. The Morgan fingerprint density at radius 2 is 0.491 bits per heavy atom. The minimum atomic E-state index is -0.638. The van der Waals surface area contributed by atoms with Crippen molar-refractivity contribution in [3.63, 3.8) is 0 Å². The van der Waals surface area contributed by atoms with Gasteiger partial charge in [-0.15, -0.1) is 0 Å². The van der Waals surface area contributed by atoms with Gasteiger partial charge in [0.2, 0.25) is 0 Å². The van der Waals surface area contributed by atoms with Crippen molar-refractivity contribution in [3.8, 4) is 124 Å². The molecule has 17 aromatic rings. The van der Waals surface area contributed by atoms with E-state index in [9.17, 15) is 0 Å². The van der Waals surface area contributed by atoms with E-state index in [4.69, 9.17) is 18.9 Å². The summed E-state index contributed by atoms with van der Waals surface area (Å²) in [6.45, 7) is 0. The smallest absolute Gasteiger partial charge is 0.170 e. The number of anilines is 9. The van der Waals surface area contributed by atoms with Gasteiger partial charge in [-0.05, 0) is 268 Å². The zero-order valence-electron chi connectivity index (χ0n) is 60.1. The highest BCUT2D eigenvalue weighted by atomic mass is 32.2. The van der Waals surface area contributed by atoms with Crippen LogP contribution < -0.4 is 33.6 Å². The lowest BCUT2D eigenvalue weighted by atomic mass is 9.70. The second-order valence-electron chi connectivity index (χ2n) is 30.1. The Morgan fingerprint density at radius 1 is 0.179 bits per heavy atom. The summed E-state index contributed by atoms with van der Waals surface area (Å²) in [4.78, 5) is 9.69. The first kappa shape index (κ1) is 61.7. The van der Waals surface area contributed by atoms with Crippen LogP contribution >= 0.6 is 11.8 Å². The van der Waals surface area contributed by atoms with E-state index in [2.05, 4.69) is 360 Å². The maximum absolute atomic E-state index is 7.17. The summed E-state index contributed by atoms with van der Waals surface area (Å²) in [5, 5.41) is 0. The summed E-state index contributed by atoms with van der Waals surface area (Å²) in [5.41, 5.74) is 34.9. The number of benzene rings is 17. The van der Waals surface area contributed by atoms with Crippen molar-refractivity contribution < 1.29 is 18.9 Å². The van der Waals surface area contributed by atoms with Crippen molar-refractivity contribution in [3.05, 3.63) is 415 Å². The van der Waals surface area contributed by atoms with Crippen LogP contribution in [0.15, 0.2) is 380 Å². The van der Waals surface area contributed by atoms with E-state index in [-0.39, 0.29) is 0 Å². The topological polar surface area (TPSA) is 46.6 Å². The third kappa shape index (κ3) is 8.50. The summed E-state index contributed by atoms with van der Waals surface area (Å²) in [7, 11) is 0. The Hall–Kier alpha value is -14.3. The summed E-state index contributed by atoms with van der Waals surface area (Å²) in [6.07, 6.45) is 0. The monoisotopic (exact) mass is 1450 g/mol. The largest absolute Gasteiger partial charge is 0.450 e. The van der Waals surface area contributed by atoms with Crippen LogP contribution in [-0.4, -0.2) is 0 Å². The van der Waals surface area contributed by atoms with Gasteiger partial charge in [0, 0.05) is 26.9 Å². The van der Waals surface area contributed by atoms with Crippen LogP contribution in [0.2, 0.25) is 0 Å². The molecule has 522 valence electrons. The molecule has 4 aliphatic carbocycles. The molecule has 0 aromatic heterocycles. The van der Waals surface area contributed by atoms with Gasteiger partial charge < -0.3 is 33.6 Å². The van der Waals surface area contributed by atoms with E-state index in [0.717, 1.165) is 95.8 Å². The number of hydrogen-bond acceptors (Lipinski definition) is 8. The second kappa shape index (κ2) is 23.1. The van der Waals surface area contributed by atoms with Crippen molar-refractivity contribution in [2.75, 3.05) is 14.7 Å². The molecule has 17 aromatic carbocycles. The molecule has 4 heterocycles. The highest BCUT2D eigenvalue weighted by molar-refractivity contribution is 7.99. The molecule has 0 N–H and O–H groups in total. The van der Waals surface area contributed by atoms with Crippen molar-refractivity contribution in [2.24, 2.45) is 0 Å². The van der Waals surface area contributed by atoms with E-state index in [0.29, 0.717) is 34.5 Å². The van der Waals surface area contributed by atoms with Crippen molar-refractivity contribution >= 4 is 62.9 Å². The third-order valence-corrected chi connectivity index (χ3v) is 25.6. The quantitative estimate of drug-likeness (QED) is 0.163. The molecule has 0 saturated carbocycles. The fraction of sp³-hybridized carbons (Fsp3) is 0.0192. The molecular weight excluding hydrogens is 1390 g/mol. The number of rotatable bonds is 6.